The first-order chi connectivity index (χ1) is 10.7. The van der Waals surface area contributed by atoms with E-state index in [4.69, 9.17) is 5.73 Å². The van der Waals surface area contributed by atoms with Gasteiger partial charge in [0.2, 0.25) is 5.91 Å². The van der Waals surface area contributed by atoms with E-state index in [-0.39, 0.29) is 5.91 Å². The molecule has 4 nitrogen and oxygen atoms in total. The lowest BCUT2D eigenvalue weighted by Crippen LogP contribution is -2.19. The molecule has 4 heteroatoms. The van der Waals surface area contributed by atoms with Gasteiger partial charge in [0.1, 0.15) is 0 Å². The Morgan fingerprint density at radius 3 is 2.82 bits per heavy atom. The van der Waals surface area contributed by atoms with Gasteiger partial charge in [0.25, 0.3) is 0 Å². The van der Waals surface area contributed by atoms with Crippen LogP contribution in [0.1, 0.15) is 23.1 Å². The molecule has 22 heavy (non-hydrogen) atoms. The minimum atomic E-state index is 0.0771. The molecule has 1 aliphatic heterocycles. The van der Waals surface area contributed by atoms with Crippen molar-refractivity contribution in [3.05, 3.63) is 71.4 Å². The molecule has 1 aliphatic rings. The molecule has 0 spiro atoms. The summed E-state index contributed by atoms with van der Waals surface area (Å²) in [6, 6.07) is 16.1. The highest BCUT2D eigenvalue weighted by Crippen LogP contribution is 2.25. The van der Waals surface area contributed by atoms with Crippen LogP contribution in [0.3, 0.4) is 0 Å². The zero-order valence-corrected chi connectivity index (χ0v) is 12.3. The highest BCUT2D eigenvalue weighted by atomic mass is 16.1. The van der Waals surface area contributed by atoms with Crippen LogP contribution in [0.4, 0.5) is 5.69 Å². The number of nitrogens with one attached hydrogen (secondary N) is 2. The Labute approximate surface area is 130 Å². The van der Waals surface area contributed by atoms with Gasteiger partial charge in [0.05, 0.1) is 5.70 Å². The van der Waals surface area contributed by atoms with Crippen LogP contribution < -0.4 is 16.4 Å². The molecule has 0 bridgehead atoms. The van der Waals surface area contributed by atoms with Gasteiger partial charge in [-0.2, -0.15) is 0 Å². The van der Waals surface area contributed by atoms with Gasteiger partial charge in [-0.3, -0.25) is 4.79 Å². The normalized spacial score (nSPS) is 14.2. The van der Waals surface area contributed by atoms with Gasteiger partial charge in [-0.15, -0.1) is 0 Å². The molecule has 1 amide bonds. The van der Waals surface area contributed by atoms with Gasteiger partial charge in [0, 0.05) is 24.9 Å². The summed E-state index contributed by atoms with van der Waals surface area (Å²) >= 11 is 0. The molecule has 0 aliphatic carbocycles. The van der Waals surface area contributed by atoms with E-state index in [0.29, 0.717) is 12.1 Å². The molecule has 0 saturated heterocycles. The molecule has 112 valence electrons. The summed E-state index contributed by atoms with van der Waals surface area (Å²) in [4.78, 5) is 11.4. The third-order valence-electron chi connectivity index (χ3n) is 3.74. The molecule has 0 saturated carbocycles. The average molecular weight is 293 g/mol. The van der Waals surface area contributed by atoms with Gasteiger partial charge in [-0.05, 0) is 35.2 Å². The molecule has 2 aromatic rings. The Hall–Kier alpha value is -2.75. The van der Waals surface area contributed by atoms with Crippen molar-refractivity contribution in [3.8, 4) is 0 Å². The van der Waals surface area contributed by atoms with Crippen LogP contribution in [0.2, 0.25) is 0 Å². The first kappa shape index (κ1) is 14.2. The van der Waals surface area contributed by atoms with E-state index >= 15 is 0 Å². The third-order valence-corrected chi connectivity index (χ3v) is 3.74. The van der Waals surface area contributed by atoms with Crippen molar-refractivity contribution in [2.45, 2.75) is 19.4 Å². The zero-order chi connectivity index (χ0) is 15.4. The van der Waals surface area contributed by atoms with Crippen molar-refractivity contribution in [1.29, 1.82) is 0 Å². The Balaban J connectivity index is 1.68. The summed E-state index contributed by atoms with van der Waals surface area (Å²) in [6.45, 7) is 0.739. The number of hydrogen-bond acceptors (Lipinski definition) is 3. The number of rotatable bonds is 4. The zero-order valence-electron chi connectivity index (χ0n) is 12.3. The molecule has 4 N–H and O–H groups in total. The van der Waals surface area contributed by atoms with Crippen molar-refractivity contribution in [2.75, 3.05) is 5.32 Å². The molecular weight excluding hydrogens is 274 g/mol. The summed E-state index contributed by atoms with van der Waals surface area (Å²) in [5.41, 5.74) is 11.0. The monoisotopic (exact) mass is 293 g/mol. The van der Waals surface area contributed by atoms with Crippen molar-refractivity contribution in [3.63, 3.8) is 0 Å². The molecule has 0 atom stereocenters. The smallest absolute Gasteiger partial charge is 0.224 e. The molecule has 0 fully saturated rings. The van der Waals surface area contributed by atoms with Crippen LogP contribution in [0.15, 0.2) is 54.7 Å². The Morgan fingerprint density at radius 1 is 1.18 bits per heavy atom. The van der Waals surface area contributed by atoms with Crippen molar-refractivity contribution < 1.29 is 4.79 Å². The van der Waals surface area contributed by atoms with Gasteiger partial charge < -0.3 is 16.4 Å². The number of nitrogens with two attached hydrogens (primary N) is 1. The highest BCUT2D eigenvalue weighted by Gasteiger charge is 2.14. The second kappa shape index (κ2) is 6.35. The molecule has 0 aromatic heterocycles. The summed E-state index contributed by atoms with van der Waals surface area (Å²) in [5, 5.41) is 6.11. The fraction of sp³-hybridized carbons (Fsp3) is 0.167. The van der Waals surface area contributed by atoms with Gasteiger partial charge in [-0.1, -0.05) is 36.4 Å². The minimum absolute atomic E-state index is 0.0771. The number of anilines is 1. The lowest BCUT2D eigenvalue weighted by molar-refractivity contribution is -0.116. The highest BCUT2D eigenvalue weighted by molar-refractivity contribution is 5.94. The van der Waals surface area contributed by atoms with E-state index in [0.717, 1.165) is 29.8 Å². The molecule has 3 rings (SSSR count). The lowest BCUT2D eigenvalue weighted by atomic mass is 9.99. The van der Waals surface area contributed by atoms with Crippen LogP contribution in [-0.4, -0.2) is 5.91 Å². The summed E-state index contributed by atoms with van der Waals surface area (Å²) < 4.78 is 0. The molecule has 2 aromatic carbocycles. The second-order valence-corrected chi connectivity index (χ2v) is 5.39. The SMILES string of the molecule is N/C(=C\NCc1ccccc1)c1ccc2c(c1)CCC(=O)N2. The van der Waals surface area contributed by atoms with Crippen LogP contribution in [0, 0.1) is 0 Å². The predicted molar refractivity (Wildman–Crippen MR) is 88.8 cm³/mol. The van der Waals surface area contributed by atoms with Crippen molar-refractivity contribution >= 4 is 17.3 Å². The molecule has 1 heterocycles. The second-order valence-electron chi connectivity index (χ2n) is 5.39. The predicted octanol–water partition coefficient (Wildman–Crippen LogP) is 2.62. The maximum atomic E-state index is 11.4. The maximum Gasteiger partial charge on any atom is 0.224 e. The summed E-state index contributed by atoms with van der Waals surface area (Å²) in [7, 11) is 0. The first-order valence-electron chi connectivity index (χ1n) is 7.38. The number of amides is 1. The number of hydrogen-bond donors (Lipinski definition) is 3. The van der Waals surface area contributed by atoms with E-state index < -0.39 is 0 Å². The largest absolute Gasteiger partial charge is 0.397 e. The van der Waals surface area contributed by atoms with E-state index in [1.165, 1.54) is 5.56 Å². The summed E-state index contributed by atoms with van der Waals surface area (Å²) in [5.74, 6) is 0.0771. The van der Waals surface area contributed by atoms with E-state index in [1.54, 1.807) is 0 Å². The maximum absolute atomic E-state index is 11.4. The standard InChI is InChI=1S/C18H19N3O/c19-16(12-20-11-13-4-2-1-3-5-13)14-6-8-17-15(10-14)7-9-18(22)21-17/h1-6,8,10,12,20H,7,9,11,19H2,(H,21,22)/b16-12-. The number of fused-ring (bicyclic) bond motifs is 1. The minimum Gasteiger partial charge on any atom is -0.397 e. The molecule has 0 radical (unpaired) electrons. The van der Waals surface area contributed by atoms with Crippen LogP contribution >= 0.6 is 0 Å². The number of carbonyl (C=O) groups excluding carboxylic acids is 1. The Morgan fingerprint density at radius 2 is 2.00 bits per heavy atom. The van der Waals surface area contributed by atoms with Crippen molar-refractivity contribution in [2.24, 2.45) is 5.73 Å². The fourth-order valence-electron chi connectivity index (χ4n) is 2.52. The lowest BCUT2D eigenvalue weighted by Gasteiger charge is -2.17. The van der Waals surface area contributed by atoms with Gasteiger partial charge >= 0.3 is 0 Å². The van der Waals surface area contributed by atoms with Crippen molar-refractivity contribution in [1.82, 2.24) is 5.32 Å². The fourth-order valence-corrected chi connectivity index (χ4v) is 2.52. The van der Waals surface area contributed by atoms with Gasteiger partial charge in [-0.25, -0.2) is 0 Å². The third kappa shape index (κ3) is 3.28. The topological polar surface area (TPSA) is 67.1 Å². The first-order valence-corrected chi connectivity index (χ1v) is 7.38. The Bertz CT molecular complexity index is 708. The number of benzene rings is 2. The van der Waals surface area contributed by atoms with Crippen LogP contribution in [-0.2, 0) is 17.8 Å². The summed E-state index contributed by atoms with van der Waals surface area (Å²) in [6.07, 6.45) is 3.13. The number of aryl methyl sites for hydroxylation is 1. The molecular formula is C18H19N3O. The molecule has 0 unspecified atom stereocenters. The van der Waals surface area contributed by atoms with E-state index in [9.17, 15) is 4.79 Å². The number of carbonyl (C=O) groups is 1. The van der Waals surface area contributed by atoms with E-state index in [2.05, 4.69) is 22.8 Å². The van der Waals surface area contributed by atoms with E-state index in [1.807, 2.05) is 42.6 Å². The van der Waals surface area contributed by atoms with Crippen LogP contribution in [0.25, 0.3) is 5.70 Å². The Kier molecular flexibility index (Phi) is 4.10. The van der Waals surface area contributed by atoms with Crippen LogP contribution in [0.5, 0.6) is 0 Å². The average Bonchev–Trinajstić information content (AvgIpc) is 2.55. The quantitative estimate of drug-likeness (QED) is 0.812. The van der Waals surface area contributed by atoms with Gasteiger partial charge in [0.15, 0.2) is 0 Å².